The van der Waals surface area contributed by atoms with Crippen molar-refractivity contribution >= 4 is 5.78 Å². The van der Waals surface area contributed by atoms with Crippen molar-refractivity contribution < 1.29 is 4.79 Å². The average molecular weight is 190 g/mol. The first kappa shape index (κ1) is 8.68. The van der Waals surface area contributed by atoms with E-state index in [1.165, 1.54) is 13.1 Å². The van der Waals surface area contributed by atoms with Crippen LogP contribution < -0.4 is 0 Å². The first-order valence-electron chi connectivity index (χ1n) is 4.21. The van der Waals surface area contributed by atoms with Crippen LogP contribution in [-0.2, 0) is 7.05 Å². The zero-order chi connectivity index (χ0) is 10.1. The van der Waals surface area contributed by atoms with Crippen LogP contribution >= 0.6 is 0 Å². The highest BCUT2D eigenvalue weighted by Gasteiger charge is 2.08. The van der Waals surface area contributed by atoms with Gasteiger partial charge in [0.2, 0.25) is 0 Å². The lowest BCUT2D eigenvalue weighted by atomic mass is 10.3. The molecule has 0 aliphatic heterocycles. The predicted octanol–water partition coefficient (Wildman–Crippen LogP) is 1.01. The van der Waals surface area contributed by atoms with E-state index in [-0.39, 0.29) is 5.78 Å². The predicted molar refractivity (Wildman–Crippen MR) is 50.8 cm³/mol. The largest absolute Gasteiger partial charge is 0.334 e. The number of hydrogen-bond acceptors (Lipinski definition) is 3. The van der Waals surface area contributed by atoms with E-state index in [0.717, 1.165) is 5.69 Å². The highest BCUT2D eigenvalue weighted by molar-refractivity contribution is 5.92. The number of Topliss-reactive ketones (excluding diaryl/α,β-unsaturated/α-hetero) is 1. The zero-order valence-electron chi connectivity index (χ0n) is 7.98. The second-order valence-corrected chi connectivity index (χ2v) is 3.09. The number of nitrogens with one attached hydrogen (secondary N) is 1. The summed E-state index contributed by atoms with van der Waals surface area (Å²) >= 11 is 0. The molecule has 0 amide bonds. The van der Waals surface area contributed by atoms with Gasteiger partial charge in [0.15, 0.2) is 11.6 Å². The summed E-state index contributed by atoms with van der Waals surface area (Å²) in [4.78, 5) is 22.0. The molecule has 0 unspecified atom stereocenters. The van der Waals surface area contributed by atoms with E-state index in [1.54, 1.807) is 12.5 Å². The molecule has 2 rings (SSSR count). The summed E-state index contributed by atoms with van der Waals surface area (Å²) < 4.78 is 1.84. The third-order valence-corrected chi connectivity index (χ3v) is 2.01. The molecule has 1 N–H and O–H groups in total. The van der Waals surface area contributed by atoms with Crippen LogP contribution in [0.15, 0.2) is 18.7 Å². The third-order valence-electron chi connectivity index (χ3n) is 2.01. The number of carbonyl (C=O) groups excluding carboxylic acids is 1. The molecule has 2 heterocycles. The fraction of sp³-hybridized carbons (Fsp3) is 0.222. The minimum atomic E-state index is -0.0223. The van der Waals surface area contributed by atoms with Crippen LogP contribution in [-0.4, -0.2) is 25.3 Å². The molecule has 2 aromatic rings. The van der Waals surface area contributed by atoms with Crippen LogP contribution in [0.25, 0.3) is 11.5 Å². The number of carbonyl (C=O) groups is 1. The van der Waals surface area contributed by atoms with Crippen molar-refractivity contribution in [2.45, 2.75) is 6.92 Å². The number of H-pyrrole nitrogens is 1. The Morgan fingerprint density at radius 1 is 1.50 bits per heavy atom. The number of imidazole rings is 2. The molecule has 2 aromatic heterocycles. The second-order valence-electron chi connectivity index (χ2n) is 3.09. The molecule has 5 heteroatoms. The van der Waals surface area contributed by atoms with Crippen molar-refractivity contribution in [3.05, 3.63) is 24.4 Å². The molecule has 0 aromatic carbocycles. The van der Waals surface area contributed by atoms with Gasteiger partial charge in [-0.15, -0.1) is 0 Å². The summed E-state index contributed by atoms with van der Waals surface area (Å²) in [6, 6.07) is 0. The topological polar surface area (TPSA) is 63.6 Å². The Bertz CT molecular complexity index is 469. The van der Waals surface area contributed by atoms with Crippen LogP contribution in [0, 0.1) is 0 Å². The lowest BCUT2D eigenvalue weighted by molar-refractivity contribution is 0.101. The minimum absolute atomic E-state index is 0.0223. The third kappa shape index (κ3) is 1.32. The van der Waals surface area contributed by atoms with Crippen molar-refractivity contribution in [2.75, 3.05) is 0 Å². The zero-order valence-corrected chi connectivity index (χ0v) is 7.98. The molecule has 0 aliphatic rings. The molecular weight excluding hydrogens is 180 g/mol. The molecule has 0 saturated carbocycles. The maximum Gasteiger partial charge on any atom is 0.177 e. The van der Waals surface area contributed by atoms with E-state index in [2.05, 4.69) is 15.0 Å². The summed E-state index contributed by atoms with van der Waals surface area (Å²) in [5.41, 5.74) is 1.37. The maximum absolute atomic E-state index is 11.0. The molecule has 0 saturated heterocycles. The Morgan fingerprint density at radius 3 is 2.79 bits per heavy atom. The normalized spacial score (nSPS) is 10.4. The van der Waals surface area contributed by atoms with Gasteiger partial charge < -0.3 is 9.55 Å². The Kier molecular flexibility index (Phi) is 1.92. The lowest BCUT2D eigenvalue weighted by Gasteiger charge is -1.96. The fourth-order valence-corrected chi connectivity index (χ4v) is 1.22. The number of hydrogen-bond donors (Lipinski definition) is 1. The van der Waals surface area contributed by atoms with Crippen molar-refractivity contribution in [1.82, 2.24) is 19.5 Å². The maximum atomic E-state index is 11.0. The molecule has 14 heavy (non-hydrogen) atoms. The Hall–Kier alpha value is -1.91. The molecule has 0 fully saturated rings. The van der Waals surface area contributed by atoms with Gasteiger partial charge in [0.05, 0.1) is 18.7 Å². The van der Waals surface area contributed by atoms with Crippen LogP contribution in [0.2, 0.25) is 0 Å². The number of rotatable bonds is 2. The average Bonchev–Trinajstić information content (AvgIpc) is 2.71. The Morgan fingerprint density at radius 2 is 2.29 bits per heavy atom. The van der Waals surface area contributed by atoms with Crippen LogP contribution in [0.4, 0.5) is 0 Å². The van der Waals surface area contributed by atoms with E-state index in [4.69, 9.17) is 0 Å². The smallest absolute Gasteiger partial charge is 0.177 e. The number of aromatic amines is 1. The van der Waals surface area contributed by atoms with Crippen molar-refractivity contribution in [3.63, 3.8) is 0 Å². The second kappa shape index (κ2) is 3.10. The molecule has 0 radical (unpaired) electrons. The van der Waals surface area contributed by atoms with Gasteiger partial charge in [0, 0.05) is 14.0 Å². The first-order chi connectivity index (χ1) is 6.68. The van der Waals surface area contributed by atoms with Gasteiger partial charge in [-0.25, -0.2) is 9.97 Å². The van der Waals surface area contributed by atoms with Gasteiger partial charge in [-0.1, -0.05) is 0 Å². The summed E-state index contributed by atoms with van der Waals surface area (Å²) in [6.07, 6.45) is 4.92. The van der Waals surface area contributed by atoms with Gasteiger partial charge >= 0.3 is 0 Å². The van der Waals surface area contributed by atoms with Crippen LogP contribution in [0.3, 0.4) is 0 Å². The van der Waals surface area contributed by atoms with E-state index in [1.807, 2.05) is 11.6 Å². The van der Waals surface area contributed by atoms with E-state index >= 15 is 0 Å². The van der Waals surface area contributed by atoms with E-state index in [0.29, 0.717) is 11.5 Å². The van der Waals surface area contributed by atoms with Crippen molar-refractivity contribution in [3.8, 4) is 11.5 Å². The summed E-state index contributed by atoms with van der Waals surface area (Å²) in [6.45, 7) is 1.50. The van der Waals surface area contributed by atoms with Gasteiger partial charge in [-0.3, -0.25) is 4.79 Å². The molecule has 0 aliphatic carbocycles. The van der Waals surface area contributed by atoms with Gasteiger partial charge in [0.25, 0.3) is 0 Å². The Balaban J connectivity index is 2.43. The molecular formula is C9H10N4O. The summed E-state index contributed by atoms with van der Waals surface area (Å²) in [5, 5.41) is 0. The minimum Gasteiger partial charge on any atom is -0.334 e. The summed E-state index contributed by atoms with van der Waals surface area (Å²) in [5.74, 6) is 0.640. The fourth-order valence-electron chi connectivity index (χ4n) is 1.22. The molecule has 0 bridgehead atoms. The number of nitrogens with zero attached hydrogens (tertiary/aromatic N) is 3. The van der Waals surface area contributed by atoms with Crippen molar-refractivity contribution in [2.24, 2.45) is 7.05 Å². The number of aromatic nitrogens is 4. The van der Waals surface area contributed by atoms with Crippen LogP contribution in [0.1, 0.15) is 17.4 Å². The van der Waals surface area contributed by atoms with E-state index in [9.17, 15) is 4.79 Å². The molecule has 5 nitrogen and oxygen atoms in total. The number of aryl methyl sites for hydroxylation is 1. The molecule has 0 spiro atoms. The molecule has 72 valence electrons. The Labute approximate surface area is 80.8 Å². The number of ketones is 1. The highest BCUT2D eigenvalue weighted by Crippen LogP contribution is 2.13. The highest BCUT2D eigenvalue weighted by atomic mass is 16.1. The molecule has 0 atom stereocenters. The quantitative estimate of drug-likeness (QED) is 0.719. The van der Waals surface area contributed by atoms with Gasteiger partial charge in [-0.05, 0) is 0 Å². The SMILES string of the molecule is CC(=O)c1cnc(-c2cncn2C)[nH]1. The van der Waals surface area contributed by atoms with Crippen LogP contribution in [0.5, 0.6) is 0 Å². The lowest BCUT2D eigenvalue weighted by Crippen LogP contribution is -1.93. The summed E-state index contributed by atoms with van der Waals surface area (Å²) in [7, 11) is 1.87. The van der Waals surface area contributed by atoms with Crippen molar-refractivity contribution in [1.29, 1.82) is 0 Å². The van der Waals surface area contributed by atoms with Gasteiger partial charge in [-0.2, -0.15) is 0 Å². The first-order valence-corrected chi connectivity index (χ1v) is 4.21. The van der Waals surface area contributed by atoms with E-state index < -0.39 is 0 Å². The van der Waals surface area contributed by atoms with Gasteiger partial charge in [0.1, 0.15) is 11.4 Å². The monoisotopic (exact) mass is 190 g/mol. The standard InChI is InChI=1S/C9H10N4O/c1-6(14)7-3-11-9(12-7)8-4-10-5-13(8)2/h3-5H,1-2H3,(H,11,12).